The molecule has 0 saturated heterocycles. The Morgan fingerprint density at radius 1 is 0.767 bits per heavy atom. The number of carbonyl (C=O) groups is 1. The molecule has 0 atom stereocenters. The van der Waals surface area contributed by atoms with E-state index in [9.17, 15) is 4.79 Å². The minimum absolute atomic E-state index is 0.0428. The van der Waals surface area contributed by atoms with Gasteiger partial charge in [-0.1, -0.05) is 42.5 Å². The lowest BCUT2D eigenvalue weighted by Crippen LogP contribution is -1.97. The fourth-order valence-electron chi connectivity index (χ4n) is 3.14. The van der Waals surface area contributed by atoms with Gasteiger partial charge in [0.1, 0.15) is 17.2 Å². The molecule has 0 spiro atoms. The van der Waals surface area contributed by atoms with E-state index in [-0.39, 0.29) is 5.78 Å². The molecule has 0 aliphatic carbocycles. The average molecular weight is 395 g/mol. The second-order valence-electron chi connectivity index (χ2n) is 6.67. The average Bonchev–Trinajstić information content (AvgIpc) is 2.80. The van der Waals surface area contributed by atoms with Crippen molar-refractivity contribution in [3.8, 4) is 17.2 Å². The van der Waals surface area contributed by atoms with Crippen molar-refractivity contribution in [3.05, 3.63) is 109 Å². The molecule has 0 unspecified atom stereocenters. The number of nitrogens with one attached hydrogen (secondary N) is 1. The predicted molar refractivity (Wildman–Crippen MR) is 121 cm³/mol. The summed E-state index contributed by atoms with van der Waals surface area (Å²) in [7, 11) is 1.63. The number of benzene rings is 4. The molecule has 0 bridgehead atoms. The molecule has 0 saturated carbocycles. The van der Waals surface area contributed by atoms with Crippen LogP contribution in [0.15, 0.2) is 103 Å². The number of fused-ring (bicyclic) bond motifs is 1. The van der Waals surface area contributed by atoms with Gasteiger partial charge in [-0.25, -0.2) is 0 Å². The largest absolute Gasteiger partial charge is 0.497 e. The number of hydrogen-bond donors (Lipinski definition) is 1. The summed E-state index contributed by atoms with van der Waals surface area (Å²) in [6.07, 6.45) is 3.20. The van der Waals surface area contributed by atoms with Crippen LogP contribution < -0.4 is 14.8 Å². The zero-order valence-electron chi connectivity index (χ0n) is 16.5. The molecule has 4 rings (SSSR count). The lowest BCUT2D eigenvalue weighted by Gasteiger charge is -2.08. The SMILES string of the molecule is COc1ccc(Oc2ccc(N/C=C/C(=O)c3cccc4ccccc34)cc2)cc1. The van der Waals surface area contributed by atoms with E-state index < -0.39 is 0 Å². The van der Waals surface area contributed by atoms with Crippen LogP contribution in [0.5, 0.6) is 17.2 Å². The highest BCUT2D eigenvalue weighted by atomic mass is 16.5. The van der Waals surface area contributed by atoms with E-state index in [1.54, 1.807) is 19.4 Å². The van der Waals surface area contributed by atoms with Crippen molar-refractivity contribution in [3.63, 3.8) is 0 Å². The maximum absolute atomic E-state index is 12.6. The van der Waals surface area contributed by atoms with Crippen molar-refractivity contribution in [1.29, 1.82) is 0 Å². The number of ketones is 1. The molecule has 148 valence electrons. The minimum Gasteiger partial charge on any atom is -0.497 e. The lowest BCUT2D eigenvalue weighted by atomic mass is 10.0. The molecule has 4 heteroatoms. The molecule has 0 aromatic heterocycles. The van der Waals surface area contributed by atoms with Gasteiger partial charge >= 0.3 is 0 Å². The number of allylic oxidation sites excluding steroid dienone is 1. The van der Waals surface area contributed by atoms with Gasteiger partial charge in [0.05, 0.1) is 7.11 Å². The molecule has 0 aliphatic rings. The van der Waals surface area contributed by atoms with Crippen LogP contribution in [0.1, 0.15) is 10.4 Å². The molecule has 0 heterocycles. The molecule has 4 aromatic rings. The van der Waals surface area contributed by atoms with E-state index in [0.29, 0.717) is 5.56 Å². The Labute approximate surface area is 175 Å². The van der Waals surface area contributed by atoms with Gasteiger partial charge in [0.15, 0.2) is 5.78 Å². The Morgan fingerprint density at radius 2 is 1.40 bits per heavy atom. The van der Waals surface area contributed by atoms with Crippen molar-refractivity contribution < 1.29 is 14.3 Å². The molecule has 4 nitrogen and oxygen atoms in total. The number of methoxy groups -OCH3 is 1. The third-order valence-electron chi connectivity index (χ3n) is 4.69. The smallest absolute Gasteiger partial charge is 0.187 e. The number of anilines is 1. The number of rotatable bonds is 7. The van der Waals surface area contributed by atoms with E-state index >= 15 is 0 Å². The van der Waals surface area contributed by atoms with E-state index in [1.165, 1.54) is 0 Å². The Bertz CT molecular complexity index is 1170. The van der Waals surface area contributed by atoms with Crippen molar-refractivity contribution in [1.82, 2.24) is 0 Å². The van der Waals surface area contributed by atoms with Crippen LogP contribution in [-0.2, 0) is 0 Å². The van der Waals surface area contributed by atoms with E-state index in [0.717, 1.165) is 33.7 Å². The monoisotopic (exact) mass is 395 g/mol. The topological polar surface area (TPSA) is 47.6 Å². The molecule has 30 heavy (non-hydrogen) atoms. The number of carbonyl (C=O) groups excluding carboxylic acids is 1. The Balaban J connectivity index is 1.38. The molecule has 1 N–H and O–H groups in total. The summed E-state index contributed by atoms with van der Waals surface area (Å²) in [4.78, 5) is 12.6. The maximum atomic E-state index is 12.6. The second-order valence-corrected chi connectivity index (χ2v) is 6.67. The zero-order valence-corrected chi connectivity index (χ0v) is 16.5. The molecule has 0 radical (unpaired) electrons. The Morgan fingerprint density at radius 3 is 2.13 bits per heavy atom. The first-order chi connectivity index (χ1) is 14.7. The van der Waals surface area contributed by atoms with Crippen LogP contribution in [0.25, 0.3) is 10.8 Å². The predicted octanol–water partition coefficient (Wildman–Crippen LogP) is 6.45. The highest BCUT2D eigenvalue weighted by Gasteiger charge is 2.06. The van der Waals surface area contributed by atoms with Crippen LogP contribution >= 0.6 is 0 Å². The summed E-state index contributed by atoms with van der Waals surface area (Å²) in [5.74, 6) is 2.20. The summed E-state index contributed by atoms with van der Waals surface area (Å²) in [6.45, 7) is 0. The molecule has 4 aromatic carbocycles. The summed E-state index contributed by atoms with van der Waals surface area (Å²) in [5, 5.41) is 5.13. The van der Waals surface area contributed by atoms with Gasteiger partial charge in [-0.2, -0.15) is 0 Å². The van der Waals surface area contributed by atoms with Crippen LogP contribution in [-0.4, -0.2) is 12.9 Å². The normalized spacial score (nSPS) is 10.8. The standard InChI is InChI=1S/C26H21NO3/c1-29-21-13-15-23(16-14-21)30-22-11-9-20(10-12-22)27-18-17-26(28)25-8-4-6-19-5-2-3-7-24(19)25/h2-18,27H,1H3/b18-17+. The molecule has 0 fully saturated rings. The molecule has 0 aliphatic heterocycles. The Hall–Kier alpha value is -4.05. The van der Waals surface area contributed by atoms with E-state index in [2.05, 4.69) is 5.32 Å². The fourth-order valence-corrected chi connectivity index (χ4v) is 3.14. The van der Waals surface area contributed by atoms with Gasteiger partial charge in [-0.05, 0) is 59.3 Å². The summed E-state index contributed by atoms with van der Waals surface area (Å²) >= 11 is 0. The van der Waals surface area contributed by atoms with Crippen LogP contribution in [0.3, 0.4) is 0 Å². The zero-order chi connectivity index (χ0) is 20.8. The van der Waals surface area contributed by atoms with Crippen LogP contribution in [0, 0.1) is 0 Å². The lowest BCUT2D eigenvalue weighted by molar-refractivity contribution is 0.104. The maximum Gasteiger partial charge on any atom is 0.187 e. The first-order valence-electron chi connectivity index (χ1n) is 9.60. The van der Waals surface area contributed by atoms with Crippen LogP contribution in [0.2, 0.25) is 0 Å². The van der Waals surface area contributed by atoms with E-state index in [4.69, 9.17) is 9.47 Å². The quantitative estimate of drug-likeness (QED) is 0.289. The van der Waals surface area contributed by atoms with Crippen molar-refractivity contribution >= 4 is 22.2 Å². The van der Waals surface area contributed by atoms with Gasteiger partial charge in [-0.3, -0.25) is 4.79 Å². The number of ether oxygens (including phenoxy) is 2. The third-order valence-corrected chi connectivity index (χ3v) is 4.69. The molecular formula is C26H21NO3. The van der Waals surface area contributed by atoms with Crippen molar-refractivity contribution in [2.75, 3.05) is 12.4 Å². The summed E-state index contributed by atoms with van der Waals surface area (Å²) in [6, 6.07) is 28.6. The van der Waals surface area contributed by atoms with Gasteiger partial charge in [-0.15, -0.1) is 0 Å². The van der Waals surface area contributed by atoms with Gasteiger partial charge in [0, 0.05) is 23.5 Å². The van der Waals surface area contributed by atoms with Crippen LogP contribution in [0.4, 0.5) is 5.69 Å². The van der Waals surface area contributed by atoms with Gasteiger partial charge in [0.25, 0.3) is 0 Å². The van der Waals surface area contributed by atoms with Gasteiger partial charge in [0.2, 0.25) is 0 Å². The molecule has 0 amide bonds. The van der Waals surface area contributed by atoms with Crippen molar-refractivity contribution in [2.24, 2.45) is 0 Å². The third kappa shape index (κ3) is 4.50. The second kappa shape index (κ2) is 8.97. The highest BCUT2D eigenvalue weighted by Crippen LogP contribution is 2.25. The fraction of sp³-hybridized carbons (Fsp3) is 0.0385. The Kier molecular flexibility index (Phi) is 5.76. The highest BCUT2D eigenvalue weighted by molar-refractivity contribution is 6.13. The van der Waals surface area contributed by atoms with E-state index in [1.807, 2.05) is 91.0 Å². The summed E-state index contributed by atoms with van der Waals surface area (Å²) < 4.78 is 11.0. The summed E-state index contributed by atoms with van der Waals surface area (Å²) in [5.41, 5.74) is 1.55. The van der Waals surface area contributed by atoms with Gasteiger partial charge < -0.3 is 14.8 Å². The first-order valence-corrected chi connectivity index (χ1v) is 9.60. The number of hydrogen-bond acceptors (Lipinski definition) is 4. The first kappa shape index (κ1) is 19.3. The molecular weight excluding hydrogens is 374 g/mol. The van der Waals surface area contributed by atoms with Crippen molar-refractivity contribution in [2.45, 2.75) is 0 Å². The minimum atomic E-state index is -0.0428.